The molecular weight excluding hydrogens is 350 g/mol. The van der Waals surface area contributed by atoms with Gasteiger partial charge in [0, 0.05) is 11.1 Å². The largest absolute Gasteiger partial charge is 0.206 e. The number of halogens is 2. The van der Waals surface area contributed by atoms with Gasteiger partial charge in [-0.25, -0.2) is 8.78 Å². The first-order chi connectivity index (χ1) is 13.7. The lowest BCUT2D eigenvalue weighted by molar-refractivity contribution is 0.606. The van der Waals surface area contributed by atoms with E-state index < -0.39 is 11.6 Å². The zero-order valence-electron chi connectivity index (χ0n) is 15.0. The first-order valence-electron chi connectivity index (χ1n) is 9.18. The number of hydrogen-bond donors (Lipinski definition) is 0. The smallest absolute Gasteiger partial charge is 0.131 e. The SMILES string of the molecule is Fc1cc(-c2cccc3ccccc23)c(F)cc1-c1cccc2ccccc12. The molecule has 0 aromatic heterocycles. The summed E-state index contributed by atoms with van der Waals surface area (Å²) in [6, 6.07) is 29.5. The molecule has 0 unspecified atom stereocenters. The van der Waals surface area contributed by atoms with Gasteiger partial charge in [0.05, 0.1) is 0 Å². The van der Waals surface area contributed by atoms with Crippen molar-refractivity contribution in [2.24, 2.45) is 0 Å². The molecule has 0 aliphatic carbocycles. The highest BCUT2D eigenvalue weighted by Crippen LogP contribution is 2.36. The fraction of sp³-hybridized carbons (Fsp3) is 0. The Hall–Kier alpha value is -3.52. The summed E-state index contributed by atoms with van der Waals surface area (Å²) >= 11 is 0. The van der Waals surface area contributed by atoms with Crippen molar-refractivity contribution in [3.05, 3.63) is 109 Å². The van der Waals surface area contributed by atoms with Gasteiger partial charge in [-0.15, -0.1) is 0 Å². The van der Waals surface area contributed by atoms with E-state index in [2.05, 4.69) is 0 Å². The average Bonchev–Trinajstić information content (AvgIpc) is 2.74. The first-order valence-corrected chi connectivity index (χ1v) is 9.18. The molecule has 0 aliphatic rings. The van der Waals surface area contributed by atoms with Gasteiger partial charge in [-0.3, -0.25) is 0 Å². The van der Waals surface area contributed by atoms with Crippen LogP contribution in [0.4, 0.5) is 8.78 Å². The van der Waals surface area contributed by atoms with Crippen molar-refractivity contribution in [1.29, 1.82) is 0 Å². The van der Waals surface area contributed by atoms with Gasteiger partial charge in [-0.1, -0.05) is 84.9 Å². The number of hydrogen-bond acceptors (Lipinski definition) is 0. The molecule has 0 fully saturated rings. The average molecular weight is 366 g/mol. The molecule has 0 atom stereocenters. The van der Waals surface area contributed by atoms with Crippen LogP contribution < -0.4 is 0 Å². The number of benzene rings is 5. The molecule has 134 valence electrons. The molecule has 0 N–H and O–H groups in total. The van der Waals surface area contributed by atoms with Crippen molar-refractivity contribution in [2.75, 3.05) is 0 Å². The lowest BCUT2D eigenvalue weighted by atomic mass is 9.93. The number of rotatable bonds is 2. The van der Waals surface area contributed by atoms with Gasteiger partial charge >= 0.3 is 0 Å². The number of fused-ring (bicyclic) bond motifs is 2. The van der Waals surface area contributed by atoms with Gasteiger partial charge in [-0.05, 0) is 44.8 Å². The van der Waals surface area contributed by atoms with Crippen LogP contribution in [-0.2, 0) is 0 Å². The van der Waals surface area contributed by atoms with Crippen molar-refractivity contribution >= 4 is 21.5 Å². The van der Waals surface area contributed by atoms with E-state index in [0.29, 0.717) is 11.1 Å². The maximum Gasteiger partial charge on any atom is 0.131 e. The predicted molar refractivity (Wildman–Crippen MR) is 112 cm³/mol. The molecule has 0 saturated carbocycles. The summed E-state index contributed by atoms with van der Waals surface area (Å²) in [6.07, 6.45) is 0. The van der Waals surface area contributed by atoms with Crippen molar-refractivity contribution in [2.45, 2.75) is 0 Å². The lowest BCUT2D eigenvalue weighted by Gasteiger charge is -2.12. The molecule has 0 amide bonds. The van der Waals surface area contributed by atoms with E-state index >= 15 is 8.78 Å². The second-order valence-corrected chi connectivity index (χ2v) is 6.87. The molecule has 0 saturated heterocycles. The fourth-order valence-corrected chi connectivity index (χ4v) is 3.88. The van der Waals surface area contributed by atoms with Crippen LogP contribution >= 0.6 is 0 Å². The molecule has 0 nitrogen and oxygen atoms in total. The predicted octanol–water partition coefficient (Wildman–Crippen LogP) is 7.61. The van der Waals surface area contributed by atoms with Crippen LogP contribution in [0.15, 0.2) is 97.1 Å². The summed E-state index contributed by atoms with van der Waals surface area (Å²) in [5.74, 6) is -0.860. The Balaban J connectivity index is 1.73. The van der Waals surface area contributed by atoms with Crippen LogP contribution in [0.1, 0.15) is 0 Å². The standard InChI is InChI=1S/C26H16F2/c27-25-16-24(22-14-6-10-18-8-2-4-12-20(18)22)26(28)15-23(25)21-13-5-9-17-7-1-3-11-19(17)21/h1-16H. The first kappa shape index (κ1) is 16.6. The normalized spacial score (nSPS) is 11.2. The summed E-state index contributed by atoms with van der Waals surface area (Å²) in [6.45, 7) is 0. The molecule has 5 aromatic rings. The lowest BCUT2D eigenvalue weighted by Crippen LogP contribution is -1.93. The monoisotopic (exact) mass is 366 g/mol. The van der Waals surface area contributed by atoms with E-state index in [-0.39, 0.29) is 11.1 Å². The van der Waals surface area contributed by atoms with Gasteiger partial charge < -0.3 is 0 Å². The van der Waals surface area contributed by atoms with Gasteiger partial charge in [0.25, 0.3) is 0 Å². The minimum atomic E-state index is -0.430. The van der Waals surface area contributed by atoms with Crippen LogP contribution in [-0.4, -0.2) is 0 Å². The molecule has 0 spiro atoms. The maximum absolute atomic E-state index is 15.2. The summed E-state index contributed by atoms with van der Waals surface area (Å²) in [5.41, 5.74) is 1.94. The summed E-state index contributed by atoms with van der Waals surface area (Å²) in [5, 5.41) is 3.80. The Kier molecular flexibility index (Phi) is 3.91. The summed E-state index contributed by atoms with van der Waals surface area (Å²) < 4.78 is 30.3. The zero-order valence-corrected chi connectivity index (χ0v) is 15.0. The third-order valence-electron chi connectivity index (χ3n) is 5.22. The maximum atomic E-state index is 15.2. The van der Waals surface area contributed by atoms with Crippen molar-refractivity contribution in [3.63, 3.8) is 0 Å². The fourth-order valence-electron chi connectivity index (χ4n) is 3.88. The highest BCUT2D eigenvalue weighted by Gasteiger charge is 2.16. The molecule has 0 heterocycles. The van der Waals surface area contributed by atoms with Gasteiger partial charge in [0.1, 0.15) is 11.6 Å². The van der Waals surface area contributed by atoms with Crippen LogP contribution in [0.25, 0.3) is 43.8 Å². The van der Waals surface area contributed by atoms with E-state index in [0.717, 1.165) is 21.5 Å². The van der Waals surface area contributed by atoms with Crippen molar-refractivity contribution in [3.8, 4) is 22.3 Å². The molecule has 28 heavy (non-hydrogen) atoms. The molecular formula is C26H16F2. The second-order valence-electron chi connectivity index (χ2n) is 6.87. The van der Waals surface area contributed by atoms with E-state index in [9.17, 15) is 0 Å². The Labute approximate surface area is 161 Å². The van der Waals surface area contributed by atoms with Crippen LogP contribution in [0.3, 0.4) is 0 Å². The Bertz CT molecular complexity index is 1220. The van der Waals surface area contributed by atoms with Crippen molar-refractivity contribution in [1.82, 2.24) is 0 Å². The minimum Gasteiger partial charge on any atom is -0.206 e. The highest BCUT2D eigenvalue weighted by molar-refractivity contribution is 5.99. The van der Waals surface area contributed by atoms with Gasteiger partial charge in [-0.2, -0.15) is 0 Å². The summed E-state index contributed by atoms with van der Waals surface area (Å²) in [4.78, 5) is 0. The third kappa shape index (κ3) is 2.66. The van der Waals surface area contributed by atoms with E-state index in [4.69, 9.17) is 0 Å². The minimum absolute atomic E-state index is 0.276. The molecule has 0 radical (unpaired) electrons. The van der Waals surface area contributed by atoms with Crippen LogP contribution in [0, 0.1) is 11.6 Å². The molecule has 5 rings (SSSR count). The molecule has 2 heteroatoms. The third-order valence-corrected chi connectivity index (χ3v) is 5.22. The topological polar surface area (TPSA) is 0 Å². The van der Waals surface area contributed by atoms with E-state index in [1.807, 2.05) is 84.9 Å². The molecule has 5 aromatic carbocycles. The summed E-state index contributed by atoms with van der Waals surface area (Å²) in [7, 11) is 0. The van der Waals surface area contributed by atoms with Crippen LogP contribution in [0.2, 0.25) is 0 Å². The Morgan fingerprint density at radius 1 is 0.393 bits per heavy atom. The quantitative estimate of drug-likeness (QED) is 0.302. The van der Waals surface area contributed by atoms with Gasteiger partial charge in [0.15, 0.2) is 0 Å². The Morgan fingerprint density at radius 3 is 1.25 bits per heavy atom. The van der Waals surface area contributed by atoms with Crippen LogP contribution in [0.5, 0.6) is 0 Å². The van der Waals surface area contributed by atoms with E-state index in [1.165, 1.54) is 12.1 Å². The second kappa shape index (κ2) is 6.58. The van der Waals surface area contributed by atoms with Crippen molar-refractivity contribution < 1.29 is 8.78 Å². The Morgan fingerprint density at radius 2 is 0.786 bits per heavy atom. The highest BCUT2D eigenvalue weighted by atomic mass is 19.1. The molecule has 0 aliphatic heterocycles. The zero-order chi connectivity index (χ0) is 19.1. The van der Waals surface area contributed by atoms with Gasteiger partial charge in [0.2, 0.25) is 0 Å². The molecule has 0 bridgehead atoms. The van der Waals surface area contributed by atoms with E-state index in [1.54, 1.807) is 0 Å².